The molecule has 1 aliphatic carbocycles. The van der Waals surface area contributed by atoms with Crippen LogP contribution in [0.5, 0.6) is 0 Å². The van der Waals surface area contributed by atoms with E-state index >= 15 is 0 Å². The predicted molar refractivity (Wildman–Crippen MR) is 47.8 cm³/mol. The summed E-state index contributed by atoms with van der Waals surface area (Å²) in [6.07, 6.45) is 0.719. The van der Waals surface area contributed by atoms with Gasteiger partial charge in [-0.15, -0.1) is 0 Å². The first-order chi connectivity index (χ1) is 5.52. The molecule has 1 aliphatic rings. The molecule has 1 fully saturated rings. The van der Waals surface area contributed by atoms with E-state index in [9.17, 15) is 9.90 Å². The highest BCUT2D eigenvalue weighted by molar-refractivity contribution is 5.97. The van der Waals surface area contributed by atoms with Crippen LogP contribution in [0, 0.1) is 5.92 Å². The summed E-state index contributed by atoms with van der Waals surface area (Å²) < 4.78 is 0. The third-order valence-electron chi connectivity index (χ3n) is 2.52. The van der Waals surface area contributed by atoms with Crippen LogP contribution in [0.2, 0.25) is 0 Å². The van der Waals surface area contributed by atoms with Gasteiger partial charge in [-0.1, -0.05) is 12.5 Å². The van der Waals surface area contributed by atoms with Crippen molar-refractivity contribution in [2.24, 2.45) is 5.92 Å². The molecule has 1 unspecified atom stereocenters. The Morgan fingerprint density at radius 1 is 1.42 bits per heavy atom. The smallest absolute Gasteiger partial charge is 0.159 e. The molecule has 2 heteroatoms. The van der Waals surface area contributed by atoms with Gasteiger partial charge in [0.05, 0.1) is 6.10 Å². The maximum atomic E-state index is 11.4. The lowest BCUT2D eigenvalue weighted by Gasteiger charge is -2.26. The van der Waals surface area contributed by atoms with Crippen molar-refractivity contribution < 1.29 is 9.90 Å². The highest BCUT2D eigenvalue weighted by atomic mass is 16.3. The van der Waals surface area contributed by atoms with Crippen LogP contribution in [0.3, 0.4) is 0 Å². The maximum Gasteiger partial charge on any atom is 0.159 e. The van der Waals surface area contributed by atoms with Gasteiger partial charge in [0.2, 0.25) is 0 Å². The fraction of sp³-hybridized carbons (Fsp3) is 0.700. The standard InChI is InChI=1S/C10H16O2/c1-6(2)8-5-9(11)7(3)4-10(8)12/h7,9,11H,4-5H2,1-3H3/t7-,9?/m1/s1. The van der Waals surface area contributed by atoms with Gasteiger partial charge in [0.15, 0.2) is 5.78 Å². The maximum absolute atomic E-state index is 11.4. The van der Waals surface area contributed by atoms with Gasteiger partial charge in [-0.3, -0.25) is 4.79 Å². The lowest BCUT2D eigenvalue weighted by molar-refractivity contribution is -0.119. The Morgan fingerprint density at radius 2 is 2.00 bits per heavy atom. The molecule has 0 heterocycles. The number of aliphatic hydroxyl groups excluding tert-OH is 1. The average Bonchev–Trinajstić information content (AvgIpc) is 1.96. The Labute approximate surface area is 73.3 Å². The van der Waals surface area contributed by atoms with Gasteiger partial charge >= 0.3 is 0 Å². The molecular formula is C10H16O2. The monoisotopic (exact) mass is 168 g/mol. The third kappa shape index (κ3) is 1.75. The normalized spacial score (nSPS) is 30.7. The molecule has 0 spiro atoms. The van der Waals surface area contributed by atoms with Crippen molar-refractivity contribution in [3.8, 4) is 0 Å². The molecule has 2 nitrogen and oxygen atoms in total. The SMILES string of the molecule is CC(C)=C1CC(O)[C@H](C)CC1=O. The molecule has 0 amide bonds. The molecule has 68 valence electrons. The Morgan fingerprint density at radius 3 is 2.50 bits per heavy atom. The van der Waals surface area contributed by atoms with Crippen LogP contribution < -0.4 is 0 Å². The first kappa shape index (κ1) is 9.46. The summed E-state index contributed by atoms with van der Waals surface area (Å²) >= 11 is 0. The van der Waals surface area contributed by atoms with Crippen molar-refractivity contribution in [3.63, 3.8) is 0 Å². The molecule has 0 aliphatic heterocycles. The van der Waals surface area contributed by atoms with Crippen LogP contribution in [-0.2, 0) is 4.79 Å². The Hall–Kier alpha value is -0.630. The van der Waals surface area contributed by atoms with Crippen molar-refractivity contribution in [3.05, 3.63) is 11.1 Å². The fourth-order valence-corrected chi connectivity index (χ4v) is 1.56. The number of carbonyl (C=O) groups excluding carboxylic acids is 1. The second-order valence-electron chi connectivity index (χ2n) is 3.85. The van der Waals surface area contributed by atoms with Gasteiger partial charge < -0.3 is 5.11 Å². The number of allylic oxidation sites excluding steroid dienone is 1. The van der Waals surface area contributed by atoms with E-state index in [4.69, 9.17) is 0 Å². The third-order valence-corrected chi connectivity index (χ3v) is 2.52. The summed E-state index contributed by atoms with van der Waals surface area (Å²) in [5, 5.41) is 9.53. The highest BCUT2D eigenvalue weighted by Crippen LogP contribution is 2.27. The van der Waals surface area contributed by atoms with Gasteiger partial charge in [-0.25, -0.2) is 0 Å². The van der Waals surface area contributed by atoms with Crippen LogP contribution in [0.4, 0.5) is 0 Å². The van der Waals surface area contributed by atoms with Gasteiger partial charge in [0.1, 0.15) is 0 Å². The summed E-state index contributed by atoms with van der Waals surface area (Å²) in [6.45, 7) is 5.77. The lowest BCUT2D eigenvalue weighted by Crippen LogP contribution is -2.29. The Kier molecular flexibility index (Phi) is 2.68. The van der Waals surface area contributed by atoms with Gasteiger partial charge in [0, 0.05) is 12.8 Å². The topological polar surface area (TPSA) is 37.3 Å². The number of ketones is 1. The highest BCUT2D eigenvalue weighted by Gasteiger charge is 2.28. The van der Waals surface area contributed by atoms with Crippen LogP contribution >= 0.6 is 0 Å². The van der Waals surface area contributed by atoms with Crippen LogP contribution in [0.25, 0.3) is 0 Å². The van der Waals surface area contributed by atoms with Crippen molar-refractivity contribution in [2.75, 3.05) is 0 Å². The molecule has 1 saturated carbocycles. The fourth-order valence-electron chi connectivity index (χ4n) is 1.56. The van der Waals surface area contributed by atoms with Crippen LogP contribution in [-0.4, -0.2) is 17.0 Å². The minimum atomic E-state index is -0.326. The van der Waals surface area contributed by atoms with Gasteiger partial charge in [-0.05, 0) is 25.3 Å². The molecule has 0 radical (unpaired) electrons. The number of hydrogen-bond acceptors (Lipinski definition) is 2. The number of Topliss-reactive ketones (excluding diaryl/α,β-unsaturated/α-hetero) is 1. The summed E-state index contributed by atoms with van der Waals surface area (Å²) in [5.41, 5.74) is 1.88. The lowest BCUT2D eigenvalue weighted by atomic mass is 9.82. The summed E-state index contributed by atoms with van der Waals surface area (Å²) in [5.74, 6) is 0.341. The van der Waals surface area contributed by atoms with Crippen LogP contribution in [0.15, 0.2) is 11.1 Å². The van der Waals surface area contributed by atoms with E-state index in [1.807, 2.05) is 20.8 Å². The van der Waals surface area contributed by atoms with Crippen molar-refractivity contribution in [1.82, 2.24) is 0 Å². The van der Waals surface area contributed by atoms with Crippen molar-refractivity contribution >= 4 is 5.78 Å². The number of hydrogen-bond donors (Lipinski definition) is 1. The molecule has 0 aromatic heterocycles. The molecule has 0 bridgehead atoms. The van der Waals surface area contributed by atoms with Gasteiger partial charge in [0.25, 0.3) is 0 Å². The van der Waals surface area contributed by atoms with Crippen molar-refractivity contribution in [2.45, 2.75) is 39.7 Å². The van der Waals surface area contributed by atoms with E-state index < -0.39 is 0 Å². The first-order valence-corrected chi connectivity index (χ1v) is 4.40. The molecule has 1 N–H and O–H groups in total. The predicted octanol–water partition coefficient (Wildman–Crippen LogP) is 1.68. The summed E-state index contributed by atoms with van der Waals surface area (Å²) in [6, 6.07) is 0. The molecule has 12 heavy (non-hydrogen) atoms. The second-order valence-corrected chi connectivity index (χ2v) is 3.85. The Bertz CT molecular complexity index is 224. The van der Waals surface area contributed by atoms with E-state index in [0.29, 0.717) is 12.8 Å². The van der Waals surface area contributed by atoms with E-state index in [1.165, 1.54) is 0 Å². The van der Waals surface area contributed by atoms with Crippen molar-refractivity contribution in [1.29, 1.82) is 0 Å². The average molecular weight is 168 g/mol. The number of carbonyl (C=O) groups is 1. The van der Waals surface area contributed by atoms with E-state index in [0.717, 1.165) is 11.1 Å². The minimum absolute atomic E-state index is 0.126. The largest absolute Gasteiger partial charge is 0.392 e. The number of rotatable bonds is 0. The zero-order valence-electron chi connectivity index (χ0n) is 7.92. The first-order valence-electron chi connectivity index (χ1n) is 4.40. The molecular weight excluding hydrogens is 152 g/mol. The molecule has 1 rings (SSSR count). The molecule has 0 aromatic rings. The van der Waals surface area contributed by atoms with E-state index in [1.54, 1.807) is 0 Å². The molecule has 0 aromatic carbocycles. The summed E-state index contributed by atoms with van der Waals surface area (Å²) in [7, 11) is 0. The molecule has 0 saturated heterocycles. The zero-order valence-corrected chi connectivity index (χ0v) is 7.92. The minimum Gasteiger partial charge on any atom is -0.392 e. The second kappa shape index (κ2) is 3.40. The van der Waals surface area contributed by atoms with Crippen LogP contribution in [0.1, 0.15) is 33.6 Å². The van der Waals surface area contributed by atoms with Gasteiger partial charge in [-0.2, -0.15) is 0 Å². The van der Waals surface area contributed by atoms with E-state index in [-0.39, 0.29) is 17.8 Å². The van der Waals surface area contributed by atoms with E-state index in [2.05, 4.69) is 0 Å². The number of aliphatic hydroxyl groups is 1. The molecule has 2 atom stereocenters. The zero-order chi connectivity index (χ0) is 9.30. The summed E-state index contributed by atoms with van der Waals surface area (Å²) in [4.78, 5) is 11.4. The Balaban J connectivity index is 2.82. The quantitative estimate of drug-likeness (QED) is 0.559.